The summed E-state index contributed by atoms with van der Waals surface area (Å²) in [6.45, 7) is 1.92. The summed E-state index contributed by atoms with van der Waals surface area (Å²) in [7, 11) is 0. The Hall–Kier alpha value is -2.97. The van der Waals surface area contributed by atoms with E-state index in [1.807, 2.05) is 0 Å². The third-order valence-electron chi connectivity index (χ3n) is 3.75. The Bertz CT molecular complexity index is 776. The molecule has 1 aromatic carbocycles. The van der Waals surface area contributed by atoms with Crippen molar-refractivity contribution in [2.45, 2.75) is 19.5 Å². The summed E-state index contributed by atoms with van der Waals surface area (Å²) in [5.41, 5.74) is 0.833. The Balaban J connectivity index is 1.73. The van der Waals surface area contributed by atoms with Gasteiger partial charge in [0.1, 0.15) is 11.8 Å². The maximum Gasteiger partial charge on any atom is 0.414 e. The van der Waals surface area contributed by atoms with Gasteiger partial charge >= 0.3 is 6.09 Å². The molecule has 1 aromatic heterocycles. The lowest BCUT2D eigenvalue weighted by molar-refractivity contribution is -0.119. The van der Waals surface area contributed by atoms with Gasteiger partial charge in [0.05, 0.1) is 18.8 Å². The number of rotatable bonds is 5. The number of cyclic esters (lactones) is 1. The smallest absolute Gasteiger partial charge is 0.414 e. The van der Waals surface area contributed by atoms with Crippen LogP contribution in [0, 0.1) is 0 Å². The van der Waals surface area contributed by atoms with Gasteiger partial charge in [0.25, 0.3) is 6.43 Å². The minimum Gasteiger partial charge on any atom is -0.442 e. The average Bonchev–Trinajstić information content (AvgIpc) is 3.20. The van der Waals surface area contributed by atoms with Crippen LogP contribution in [0.15, 0.2) is 36.5 Å². The number of alkyl halides is 2. The Morgan fingerprint density at radius 2 is 2.00 bits per heavy atom. The van der Waals surface area contributed by atoms with E-state index < -0.39 is 18.6 Å². The first kappa shape index (κ1) is 16.9. The molecule has 2 heterocycles. The van der Waals surface area contributed by atoms with Gasteiger partial charge in [-0.1, -0.05) is 0 Å². The van der Waals surface area contributed by atoms with Crippen molar-refractivity contribution in [1.82, 2.24) is 15.1 Å². The number of aromatic nitrogens is 2. The van der Waals surface area contributed by atoms with Crippen molar-refractivity contribution in [2.24, 2.45) is 0 Å². The standard InChI is InChI=1S/C16H16F2N4O3/c1-10(23)19-8-13-9-21(16(24)25-13)11-2-4-12(5-3-11)22-14(15(17)18)6-7-20-22/h2-7,13,15H,8-9H2,1H3,(H,19,23). The molecule has 25 heavy (non-hydrogen) atoms. The van der Waals surface area contributed by atoms with E-state index in [9.17, 15) is 18.4 Å². The number of carbonyl (C=O) groups is 2. The van der Waals surface area contributed by atoms with Crippen molar-refractivity contribution in [3.63, 3.8) is 0 Å². The van der Waals surface area contributed by atoms with Crippen LogP contribution < -0.4 is 10.2 Å². The number of nitrogens with one attached hydrogen (secondary N) is 1. The summed E-state index contributed by atoms with van der Waals surface area (Å²) in [4.78, 5) is 24.3. The third kappa shape index (κ3) is 3.59. The van der Waals surface area contributed by atoms with Crippen molar-refractivity contribution in [2.75, 3.05) is 18.0 Å². The minimum absolute atomic E-state index is 0.201. The summed E-state index contributed by atoms with van der Waals surface area (Å²) in [5.74, 6) is -0.201. The first-order chi connectivity index (χ1) is 12.0. The van der Waals surface area contributed by atoms with E-state index in [1.54, 1.807) is 24.3 Å². The SMILES string of the molecule is CC(=O)NCC1CN(c2ccc(-n3nccc3C(F)F)cc2)C(=O)O1. The molecule has 0 saturated carbocycles. The molecule has 0 radical (unpaired) electrons. The highest BCUT2D eigenvalue weighted by atomic mass is 19.3. The summed E-state index contributed by atoms with van der Waals surface area (Å²) in [6, 6.07) is 7.72. The molecule has 2 aromatic rings. The summed E-state index contributed by atoms with van der Waals surface area (Å²) < 4.78 is 32.2. The highest BCUT2D eigenvalue weighted by Gasteiger charge is 2.32. The largest absolute Gasteiger partial charge is 0.442 e. The number of amides is 2. The lowest BCUT2D eigenvalue weighted by atomic mass is 10.2. The minimum atomic E-state index is -2.63. The van der Waals surface area contributed by atoms with E-state index in [2.05, 4.69) is 10.4 Å². The number of halogens is 2. The predicted molar refractivity (Wildman–Crippen MR) is 84.8 cm³/mol. The zero-order valence-corrected chi connectivity index (χ0v) is 13.4. The van der Waals surface area contributed by atoms with Crippen LogP contribution in [-0.4, -0.2) is 41.0 Å². The Kier molecular flexibility index (Phi) is 4.64. The molecule has 1 aliphatic rings. The van der Waals surface area contributed by atoms with Crippen LogP contribution in [0.25, 0.3) is 5.69 Å². The molecule has 1 atom stereocenters. The molecule has 7 nitrogen and oxygen atoms in total. The Morgan fingerprint density at radius 3 is 2.64 bits per heavy atom. The second kappa shape index (κ2) is 6.88. The number of anilines is 1. The number of hydrogen-bond acceptors (Lipinski definition) is 4. The molecule has 3 rings (SSSR count). The van der Waals surface area contributed by atoms with Crippen LogP contribution in [0.2, 0.25) is 0 Å². The molecule has 9 heteroatoms. The van der Waals surface area contributed by atoms with Crippen LogP contribution in [0.3, 0.4) is 0 Å². The molecule has 1 aliphatic heterocycles. The molecule has 0 aliphatic carbocycles. The summed E-state index contributed by atoms with van der Waals surface area (Å²) >= 11 is 0. The van der Waals surface area contributed by atoms with Gasteiger partial charge in [-0.15, -0.1) is 0 Å². The number of carbonyl (C=O) groups excluding carboxylic acids is 2. The van der Waals surface area contributed by atoms with Crippen LogP contribution in [0.1, 0.15) is 19.0 Å². The summed E-state index contributed by atoms with van der Waals surface area (Å²) in [5, 5.41) is 6.49. The van der Waals surface area contributed by atoms with Gasteiger partial charge in [-0.25, -0.2) is 18.3 Å². The fourth-order valence-electron chi connectivity index (χ4n) is 2.56. The van der Waals surface area contributed by atoms with Gasteiger partial charge in [0, 0.05) is 18.8 Å². The second-order valence-corrected chi connectivity index (χ2v) is 5.54. The van der Waals surface area contributed by atoms with Crippen LogP contribution >= 0.6 is 0 Å². The molecule has 0 bridgehead atoms. The maximum atomic E-state index is 12.9. The Labute approximate surface area is 142 Å². The van der Waals surface area contributed by atoms with Crippen molar-refractivity contribution >= 4 is 17.7 Å². The molecule has 1 saturated heterocycles. The maximum absolute atomic E-state index is 12.9. The zero-order valence-electron chi connectivity index (χ0n) is 13.4. The molecule has 2 amide bonds. The monoisotopic (exact) mass is 350 g/mol. The molecule has 1 N–H and O–H groups in total. The number of ether oxygens (including phenoxy) is 1. The quantitative estimate of drug-likeness (QED) is 0.897. The Morgan fingerprint density at radius 1 is 1.32 bits per heavy atom. The molecular formula is C16H16F2N4O3. The molecule has 0 spiro atoms. The first-order valence-electron chi connectivity index (χ1n) is 7.61. The zero-order chi connectivity index (χ0) is 18.0. The van der Waals surface area contributed by atoms with E-state index in [0.717, 1.165) is 4.68 Å². The van der Waals surface area contributed by atoms with E-state index in [4.69, 9.17) is 4.74 Å². The predicted octanol–water partition coefficient (Wildman–Crippen LogP) is 2.27. The topological polar surface area (TPSA) is 76.5 Å². The van der Waals surface area contributed by atoms with E-state index in [-0.39, 0.29) is 18.1 Å². The van der Waals surface area contributed by atoms with Gasteiger partial charge < -0.3 is 10.1 Å². The highest BCUT2D eigenvalue weighted by Crippen LogP contribution is 2.25. The van der Waals surface area contributed by atoms with E-state index in [1.165, 1.54) is 24.1 Å². The number of nitrogens with zero attached hydrogens (tertiary/aromatic N) is 3. The van der Waals surface area contributed by atoms with Gasteiger partial charge in [-0.05, 0) is 30.3 Å². The third-order valence-corrected chi connectivity index (χ3v) is 3.75. The van der Waals surface area contributed by atoms with Crippen LogP contribution in [0.5, 0.6) is 0 Å². The van der Waals surface area contributed by atoms with Gasteiger partial charge in [-0.3, -0.25) is 9.69 Å². The van der Waals surface area contributed by atoms with Crippen LogP contribution in [-0.2, 0) is 9.53 Å². The highest BCUT2D eigenvalue weighted by molar-refractivity contribution is 5.90. The van der Waals surface area contributed by atoms with Gasteiger partial charge in [-0.2, -0.15) is 5.10 Å². The average molecular weight is 350 g/mol. The normalized spacial score (nSPS) is 17.0. The summed E-state index contributed by atoms with van der Waals surface area (Å²) in [6.07, 6.45) is -2.28. The van der Waals surface area contributed by atoms with Crippen molar-refractivity contribution in [1.29, 1.82) is 0 Å². The number of benzene rings is 1. The van der Waals surface area contributed by atoms with E-state index in [0.29, 0.717) is 17.9 Å². The number of hydrogen-bond donors (Lipinski definition) is 1. The van der Waals surface area contributed by atoms with E-state index >= 15 is 0 Å². The fraction of sp³-hybridized carbons (Fsp3) is 0.312. The van der Waals surface area contributed by atoms with Gasteiger partial charge in [0.15, 0.2) is 0 Å². The van der Waals surface area contributed by atoms with Crippen molar-refractivity contribution in [3.05, 3.63) is 42.2 Å². The lowest BCUT2D eigenvalue weighted by Gasteiger charge is -2.14. The molecular weight excluding hydrogens is 334 g/mol. The molecule has 1 fully saturated rings. The molecule has 132 valence electrons. The van der Waals surface area contributed by atoms with Crippen LogP contribution in [0.4, 0.5) is 19.3 Å². The fourth-order valence-corrected chi connectivity index (χ4v) is 2.56. The molecule has 1 unspecified atom stereocenters. The second-order valence-electron chi connectivity index (χ2n) is 5.54. The van der Waals surface area contributed by atoms with Gasteiger partial charge in [0.2, 0.25) is 5.91 Å². The van der Waals surface area contributed by atoms with Crippen molar-refractivity contribution < 1.29 is 23.1 Å². The lowest BCUT2D eigenvalue weighted by Crippen LogP contribution is -2.33. The first-order valence-corrected chi connectivity index (χ1v) is 7.61. The van der Waals surface area contributed by atoms with Crippen molar-refractivity contribution in [3.8, 4) is 5.69 Å².